The summed E-state index contributed by atoms with van der Waals surface area (Å²) in [4.78, 5) is 30.2. The van der Waals surface area contributed by atoms with Gasteiger partial charge in [-0.25, -0.2) is 0 Å². The van der Waals surface area contributed by atoms with Gasteiger partial charge in [0, 0.05) is 31.1 Å². The molecule has 0 aromatic carbocycles. The standard InChI is InChI=1S/C18H27N3O3S/c22-17(14-15-4-2-13-25-15)21-8-1-5-16(21)18(23)19-6-3-7-20-9-11-24-12-10-20/h2,4,13,16H,1,3,5-12,14H2,(H,19,23). The van der Waals surface area contributed by atoms with Crippen LogP contribution in [0.25, 0.3) is 0 Å². The number of rotatable bonds is 7. The maximum absolute atomic E-state index is 12.5. The number of nitrogens with zero attached hydrogens (tertiary/aromatic N) is 2. The molecule has 0 bridgehead atoms. The summed E-state index contributed by atoms with van der Waals surface area (Å²) in [6.45, 7) is 5.89. The van der Waals surface area contributed by atoms with E-state index in [1.54, 1.807) is 16.2 Å². The highest BCUT2D eigenvalue weighted by Crippen LogP contribution is 2.20. The Morgan fingerprint density at radius 1 is 1.28 bits per heavy atom. The Morgan fingerprint density at radius 3 is 2.88 bits per heavy atom. The number of carbonyl (C=O) groups is 2. The Hall–Kier alpha value is -1.44. The molecule has 2 fully saturated rings. The first kappa shape index (κ1) is 18.4. The third-order valence-electron chi connectivity index (χ3n) is 4.84. The molecule has 3 heterocycles. The van der Waals surface area contributed by atoms with Crippen molar-refractivity contribution < 1.29 is 14.3 Å². The second-order valence-electron chi connectivity index (χ2n) is 6.60. The molecule has 0 radical (unpaired) electrons. The number of likely N-dealkylation sites (tertiary alicyclic amines) is 1. The minimum atomic E-state index is -0.296. The zero-order valence-electron chi connectivity index (χ0n) is 14.6. The highest BCUT2D eigenvalue weighted by atomic mass is 32.1. The average Bonchev–Trinajstić information content (AvgIpc) is 3.31. The zero-order valence-corrected chi connectivity index (χ0v) is 15.4. The van der Waals surface area contributed by atoms with Gasteiger partial charge in [0.05, 0.1) is 19.6 Å². The topological polar surface area (TPSA) is 61.9 Å². The molecule has 1 unspecified atom stereocenters. The first-order chi connectivity index (χ1) is 12.2. The van der Waals surface area contributed by atoms with Crippen molar-refractivity contribution in [3.8, 4) is 0 Å². The molecule has 0 spiro atoms. The van der Waals surface area contributed by atoms with E-state index in [1.165, 1.54) is 0 Å². The molecule has 1 aromatic heterocycles. The summed E-state index contributed by atoms with van der Waals surface area (Å²) >= 11 is 1.59. The predicted octanol–water partition coefficient (Wildman–Crippen LogP) is 1.12. The van der Waals surface area contributed by atoms with Crippen LogP contribution in [0.1, 0.15) is 24.1 Å². The minimum Gasteiger partial charge on any atom is -0.379 e. The second kappa shape index (κ2) is 9.31. The summed E-state index contributed by atoms with van der Waals surface area (Å²) in [6.07, 6.45) is 3.01. The van der Waals surface area contributed by atoms with Crippen molar-refractivity contribution in [2.75, 3.05) is 45.9 Å². The molecule has 2 aliphatic rings. The average molecular weight is 365 g/mol. The van der Waals surface area contributed by atoms with Crippen molar-refractivity contribution in [2.45, 2.75) is 31.7 Å². The van der Waals surface area contributed by atoms with E-state index in [9.17, 15) is 9.59 Å². The molecular weight excluding hydrogens is 338 g/mol. The molecule has 0 saturated carbocycles. The molecular formula is C18H27N3O3S. The number of thiophene rings is 1. The van der Waals surface area contributed by atoms with Gasteiger partial charge in [-0.2, -0.15) is 0 Å². The van der Waals surface area contributed by atoms with Gasteiger partial charge in [-0.15, -0.1) is 11.3 Å². The minimum absolute atomic E-state index is 0.000919. The van der Waals surface area contributed by atoms with E-state index in [1.807, 2.05) is 17.5 Å². The zero-order chi connectivity index (χ0) is 17.5. The normalized spacial score (nSPS) is 21.4. The van der Waals surface area contributed by atoms with E-state index >= 15 is 0 Å². The van der Waals surface area contributed by atoms with Gasteiger partial charge >= 0.3 is 0 Å². The summed E-state index contributed by atoms with van der Waals surface area (Å²) in [5, 5.41) is 5.00. The molecule has 1 atom stereocenters. The van der Waals surface area contributed by atoms with E-state index in [0.29, 0.717) is 19.5 Å². The van der Waals surface area contributed by atoms with Crippen LogP contribution in [0.3, 0.4) is 0 Å². The second-order valence-corrected chi connectivity index (χ2v) is 7.63. The molecule has 25 heavy (non-hydrogen) atoms. The van der Waals surface area contributed by atoms with Crippen molar-refractivity contribution in [1.82, 2.24) is 15.1 Å². The highest BCUT2D eigenvalue weighted by molar-refractivity contribution is 7.10. The van der Waals surface area contributed by atoms with E-state index in [0.717, 1.165) is 57.0 Å². The van der Waals surface area contributed by atoms with Crippen LogP contribution in [-0.2, 0) is 20.7 Å². The number of carbonyl (C=O) groups excluding carboxylic acids is 2. The number of amides is 2. The van der Waals surface area contributed by atoms with Crippen LogP contribution >= 0.6 is 11.3 Å². The summed E-state index contributed by atoms with van der Waals surface area (Å²) in [5.74, 6) is 0.0624. The van der Waals surface area contributed by atoms with Gasteiger partial charge in [-0.05, 0) is 37.3 Å². The summed E-state index contributed by atoms with van der Waals surface area (Å²) in [6, 6.07) is 3.63. The third-order valence-corrected chi connectivity index (χ3v) is 5.71. The number of nitrogens with one attached hydrogen (secondary N) is 1. The largest absolute Gasteiger partial charge is 0.379 e. The lowest BCUT2D eigenvalue weighted by Crippen LogP contribution is -2.47. The predicted molar refractivity (Wildman–Crippen MR) is 97.6 cm³/mol. The molecule has 7 heteroatoms. The lowest BCUT2D eigenvalue weighted by atomic mass is 10.2. The van der Waals surface area contributed by atoms with Crippen LogP contribution in [0.4, 0.5) is 0 Å². The Labute approximate surface area is 153 Å². The molecule has 2 aliphatic heterocycles. The molecule has 1 aromatic rings. The van der Waals surface area contributed by atoms with Gasteiger partial charge in [0.1, 0.15) is 6.04 Å². The Morgan fingerprint density at radius 2 is 2.12 bits per heavy atom. The molecule has 0 aliphatic carbocycles. The van der Waals surface area contributed by atoms with Crippen molar-refractivity contribution in [3.63, 3.8) is 0 Å². The number of hydrogen-bond acceptors (Lipinski definition) is 5. The van der Waals surface area contributed by atoms with E-state index in [2.05, 4.69) is 10.2 Å². The lowest BCUT2D eigenvalue weighted by molar-refractivity contribution is -0.137. The van der Waals surface area contributed by atoms with Crippen LogP contribution in [-0.4, -0.2) is 73.6 Å². The van der Waals surface area contributed by atoms with E-state index in [4.69, 9.17) is 4.74 Å². The SMILES string of the molecule is O=C(NCCCN1CCOCC1)C1CCCN1C(=O)Cc1cccs1. The summed E-state index contributed by atoms with van der Waals surface area (Å²) < 4.78 is 5.34. The van der Waals surface area contributed by atoms with Crippen molar-refractivity contribution in [3.05, 3.63) is 22.4 Å². The van der Waals surface area contributed by atoms with Crippen LogP contribution in [0, 0.1) is 0 Å². The Kier molecular flexibility index (Phi) is 6.84. The first-order valence-electron chi connectivity index (χ1n) is 9.14. The van der Waals surface area contributed by atoms with Gasteiger partial charge in [0.25, 0.3) is 0 Å². The Bertz CT molecular complexity index is 558. The van der Waals surface area contributed by atoms with Crippen LogP contribution < -0.4 is 5.32 Å². The van der Waals surface area contributed by atoms with Crippen molar-refractivity contribution in [2.24, 2.45) is 0 Å². The quantitative estimate of drug-likeness (QED) is 0.736. The first-order valence-corrected chi connectivity index (χ1v) is 10.0. The van der Waals surface area contributed by atoms with Crippen molar-refractivity contribution >= 4 is 23.2 Å². The maximum atomic E-state index is 12.5. The molecule has 6 nitrogen and oxygen atoms in total. The number of hydrogen-bond donors (Lipinski definition) is 1. The van der Waals surface area contributed by atoms with E-state index in [-0.39, 0.29) is 17.9 Å². The van der Waals surface area contributed by atoms with Gasteiger partial charge in [-0.3, -0.25) is 14.5 Å². The molecule has 2 saturated heterocycles. The fourth-order valence-electron chi connectivity index (χ4n) is 3.46. The van der Waals surface area contributed by atoms with Crippen LogP contribution in [0.15, 0.2) is 17.5 Å². The molecule has 1 N–H and O–H groups in total. The summed E-state index contributed by atoms with van der Waals surface area (Å²) in [5.41, 5.74) is 0. The smallest absolute Gasteiger partial charge is 0.242 e. The van der Waals surface area contributed by atoms with Crippen LogP contribution in [0.2, 0.25) is 0 Å². The van der Waals surface area contributed by atoms with Gasteiger partial charge in [0.2, 0.25) is 11.8 Å². The number of ether oxygens (including phenoxy) is 1. The molecule has 3 rings (SSSR count). The molecule has 2 amide bonds. The van der Waals surface area contributed by atoms with Crippen molar-refractivity contribution in [1.29, 1.82) is 0 Å². The number of morpholine rings is 1. The highest BCUT2D eigenvalue weighted by Gasteiger charge is 2.33. The van der Waals surface area contributed by atoms with Gasteiger partial charge < -0.3 is 15.0 Å². The van der Waals surface area contributed by atoms with E-state index < -0.39 is 0 Å². The third kappa shape index (κ3) is 5.26. The fraction of sp³-hybridized carbons (Fsp3) is 0.667. The van der Waals surface area contributed by atoms with Crippen LogP contribution in [0.5, 0.6) is 0 Å². The maximum Gasteiger partial charge on any atom is 0.242 e. The fourth-order valence-corrected chi connectivity index (χ4v) is 4.15. The lowest BCUT2D eigenvalue weighted by Gasteiger charge is -2.27. The summed E-state index contributed by atoms with van der Waals surface area (Å²) in [7, 11) is 0. The monoisotopic (exact) mass is 365 g/mol. The Balaban J connectivity index is 1.40. The van der Waals surface area contributed by atoms with Gasteiger partial charge in [-0.1, -0.05) is 6.07 Å². The molecule has 138 valence electrons. The van der Waals surface area contributed by atoms with Gasteiger partial charge in [0.15, 0.2) is 0 Å².